The zero-order valence-corrected chi connectivity index (χ0v) is 17.9. The molecule has 2 heterocycles. The second-order valence-corrected chi connectivity index (χ2v) is 7.36. The number of nitrogens with one attached hydrogen (secondary N) is 1. The number of nitro groups is 2. The number of para-hydroxylation sites is 1. The average Bonchev–Trinajstić information content (AvgIpc) is 3.32. The molecule has 0 bridgehead atoms. The lowest BCUT2D eigenvalue weighted by Gasteiger charge is -2.30. The van der Waals surface area contributed by atoms with Crippen molar-refractivity contribution in [3.05, 3.63) is 86.7 Å². The van der Waals surface area contributed by atoms with Gasteiger partial charge in [0.2, 0.25) is 5.91 Å². The Morgan fingerprint density at radius 2 is 1.76 bits per heavy atom. The fourth-order valence-corrected chi connectivity index (χ4v) is 3.57. The molecule has 1 saturated heterocycles. The summed E-state index contributed by atoms with van der Waals surface area (Å²) < 4.78 is 11.0. The molecule has 3 aromatic rings. The summed E-state index contributed by atoms with van der Waals surface area (Å²) in [7, 11) is 0. The topological polar surface area (TPSA) is 141 Å². The van der Waals surface area contributed by atoms with E-state index in [1.165, 1.54) is 36.4 Å². The molecule has 2 aromatic carbocycles. The number of furan rings is 1. The molecule has 0 unspecified atom stereocenters. The lowest BCUT2D eigenvalue weighted by molar-refractivity contribution is -0.384. The van der Waals surface area contributed by atoms with E-state index < -0.39 is 15.8 Å². The summed E-state index contributed by atoms with van der Waals surface area (Å²) in [5, 5.41) is 25.2. The molecular weight excluding hydrogens is 444 g/mol. The van der Waals surface area contributed by atoms with Gasteiger partial charge in [0.1, 0.15) is 11.5 Å². The number of nitro benzene ring substituents is 2. The minimum atomic E-state index is -0.489. The lowest BCUT2D eigenvalue weighted by Crippen LogP contribution is -2.36. The Morgan fingerprint density at radius 3 is 2.50 bits per heavy atom. The van der Waals surface area contributed by atoms with Crippen molar-refractivity contribution in [3.63, 3.8) is 0 Å². The van der Waals surface area contributed by atoms with Crippen molar-refractivity contribution in [3.8, 4) is 11.3 Å². The molecule has 4 rings (SSSR count). The number of benzene rings is 2. The first kappa shape index (κ1) is 22.7. The molecule has 174 valence electrons. The first-order chi connectivity index (χ1) is 16.4. The molecule has 11 heteroatoms. The molecule has 0 spiro atoms. The van der Waals surface area contributed by atoms with Crippen molar-refractivity contribution < 1.29 is 23.8 Å². The standard InChI is InChI=1S/C23H20N4O7/c28-23(10-7-17-6-9-22(34-17)18-3-1-2-4-20(18)27(31)32)24-19-8-5-16(26(29)30)15-21(19)25-11-13-33-14-12-25/h1-10,15H,11-14H2,(H,24,28)/b10-7+. The van der Waals surface area contributed by atoms with E-state index in [0.717, 1.165) is 0 Å². The molecule has 1 aromatic heterocycles. The Hall–Kier alpha value is -4.51. The van der Waals surface area contributed by atoms with E-state index in [0.29, 0.717) is 54.8 Å². The van der Waals surface area contributed by atoms with E-state index in [4.69, 9.17) is 9.15 Å². The number of hydrogen-bond donors (Lipinski definition) is 1. The monoisotopic (exact) mass is 464 g/mol. The number of morpholine rings is 1. The van der Waals surface area contributed by atoms with Crippen molar-refractivity contribution in [2.45, 2.75) is 0 Å². The van der Waals surface area contributed by atoms with Gasteiger partial charge in [0.25, 0.3) is 11.4 Å². The van der Waals surface area contributed by atoms with Gasteiger partial charge in [-0.25, -0.2) is 0 Å². The van der Waals surface area contributed by atoms with Crippen LogP contribution in [0.4, 0.5) is 22.7 Å². The molecule has 11 nitrogen and oxygen atoms in total. The molecule has 0 saturated carbocycles. The van der Waals surface area contributed by atoms with Crippen LogP contribution in [0.25, 0.3) is 17.4 Å². The SMILES string of the molecule is O=C(/C=C/c1ccc(-c2ccccc2[N+](=O)[O-])o1)Nc1ccc([N+](=O)[O-])cc1N1CCOCC1. The summed E-state index contributed by atoms with van der Waals surface area (Å²) in [6.07, 6.45) is 2.69. The van der Waals surface area contributed by atoms with Gasteiger partial charge in [-0.1, -0.05) is 12.1 Å². The second kappa shape index (κ2) is 9.96. The van der Waals surface area contributed by atoms with Gasteiger partial charge in [0.15, 0.2) is 0 Å². The van der Waals surface area contributed by atoms with Crippen LogP contribution in [0.2, 0.25) is 0 Å². The summed E-state index contributed by atoms with van der Waals surface area (Å²) in [4.78, 5) is 35.9. The summed E-state index contributed by atoms with van der Waals surface area (Å²) in [6.45, 7) is 2.05. The molecule has 1 N–H and O–H groups in total. The number of ether oxygens (including phenoxy) is 1. The van der Waals surface area contributed by atoms with Crippen LogP contribution in [-0.4, -0.2) is 42.1 Å². The van der Waals surface area contributed by atoms with Gasteiger partial charge in [0, 0.05) is 37.4 Å². The Kier molecular flexibility index (Phi) is 6.64. The summed E-state index contributed by atoms with van der Waals surface area (Å²) in [5.74, 6) is 0.171. The molecule has 34 heavy (non-hydrogen) atoms. The fourth-order valence-electron chi connectivity index (χ4n) is 3.57. The highest BCUT2D eigenvalue weighted by Crippen LogP contribution is 2.32. The molecule has 0 atom stereocenters. The highest BCUT2D eigenvalue weighted by atomic mass is 16.6. The maximum atomic E-state index is 12.6. The maximum Gasteiger partial charge on any atom is 0.280 e. The van der Waals surface area contributed by atoms with E-state index in [2.05, 4.69) is 5.32 Å². The van der Waals surface area contributed by atoms with Gasteiger partial charge in [-0.3, -0.25) is 25.0 Å². The third kappa shape index (κ3) is 5.10. The van der Waals surface area contributed by atoms with E-state index >= 15 is 0 Å². The summed E-state index contributed by atoms with van der Waals surface area (Å²) in [5.41, 5.74) is 1.14. The van der Waals surface area contributed by atoms with Crippen LogP contribution in [0.5, 0.6) is 0 Å². The minimum Gasteiger partial charge on any atom is -0.456 e. The molecule has 0 aliphatic carbocycles. The van der Waals surface area contributed by atoms with Gasteiger partial charge in [-0.05, 0) is 30.3 Å². The first-order valence-electron chi connectivity index (χ1n) is 10.4. The van der Waals surface area contributed by atoms with Crippen molar-refractivity contribution in [1.29, 1.82) is 0 Å². The quantitative estimate of drug-likeness (QED) is 0.311. The van der Waals surface area contributed by atoms with Gasteiger partial charge >= 0.3 is 0 Å². The lowest BCUT2D eigenvalue weighted by atomic mass is 10.1. The molecule has 1 aliphatic heterocycles. The predicted octanol–water partition coefficient (Wildman–Crippen LogP) is 4.25. The molecule has 0 radical (unpaired) electrons. The first-order valence-corrected chi connectivity index (χ1v) is 10.4. The zero-order chi connectivity index (χ0) is 24.1. The number of anilines is 2. The van der Waals surface area contributed by atoms with E-state index in [1.807, 2.05) is 4.90 Å². The Labute approximate surface area is 193 Å². The smallest absolute Gasteiger partial charge is 0.280 e. The van der Waals surface area contributed by atoms with Crippen LogP contribution in [0, 0.1) is 20.2 Å². The van der Waals surface area contributed by atoms with Crippen LogP contribution in [-0.2, 0) is 9.53 Å². The summed E-state index contributed by atoms with van der Waals surface area (Å²) >= 11 is 0. The van der Waals surface area contributed by atoms with Crippen molar-refractivity contribution in [2.75, 3.05) is 36.5 Å². The zero-order valence-electron chi connectivity index (χ0n) is 17.9. The Bertz CT molecular complexity index is 1260. The van der Waals surface area contributed by atoms with Gasteiger partial charge in [-0.2, -0.15) is 0 Å². The van der Waals surface area contributed by atoms with Crippen LogP contribution < -0.4 is 10.2 Å². The van der Waals surface area contributed by atoms with E-state index in [1.54, 1.807) is 30.3 Å². The Balaban J connectivity index is 1.51. The van der Waals surface area contributed by atoms with Gasteiger partial charge < -0.3 is 19.4 Å². The van der Waals surface area contributed by atoms with Crippen LogP contribution in [0.15, 0.2) is 65.1 Å². The van der Waals surface area contributed by atoms with Crippen molar-refractivity contribution in [2.24, 2.45) is 0 Å². The largest absolute Gasteiger partial charge is 0.456 e. The normalized spacial score (nSPS) is 13.7. The van der Waals surface area contributed by atoms with Gasteiger partial charge in [-0.15, -0.1) is 0 Å². The van der Waals surface area contributed by atoms with E-state index in [-0.39, 0.29) is 11.4 Å². The number of hydrogen-bond acceptors (Lipinski definition) is 8. The van der Waals surface area contributed by atoms with E-state index in [9.17, 15) is 25.0 Å². The third-order valence-corrected chi connectivity index (χ3v) is 5.19. The summed E-state index contributed by atoms with van der Waals surface area (Å²) in [6, 6.07) is 13.6. The number of rotatable bonds is 7. The maximum absolute atomic E-state index is 12.6. The molecule has 1 amide bonds. The Morgan fingerprint density at radius 1 is 1.00 bits per heavy atom. The fraction of sp³-hybridized carbons (Fsp3) is 0.174. The molecular formula is C23H20N4O7. The highest BCUT2D eigenvalue weighted by Gasteiger charge is 2.20. The predicted molar refractivity (Wildman–Crippen MR) is 125 cm³/mol. The number of carbonyl (C=O) groups is 1. The number of nitrogens with zero attached hydrogens (tertiary/aromatic N) is 3. The van der Waals surface area contributed by atoms with Crippen LogP contribution >= 0.6 is 0 Å². The molecule has 1 fully saturated rings. The van der Waals surface area contributed by atoms with Crippen molar-refractivity contribution >= 4 is 34.7 Å². The van der Waals surface area contributed by atoms with Crippen LogP contribution in [0.1, 0.15) is 5.76 Å². The number of non-ortho nitro benzene ring substituents is 1. The number of amides is 1. The highest BCUT2D eigenvalue weighted by molar-refractivity contribution is 6.03. The van der Waals surface area contributed by atoms with Crippen molar-refractivity contribution in [1.82, 2.24) is 0 Å². The van der Waals surface area contributed by atoms with Crippen LogP contribution in [0.3, 0.4) is 0 Å². The van der Waals surface area contributed by atoms with Gasteiger partial charge in [0.05, 0.1) is 40.0 Å². The average molecular weight is 464 g/mol. The second-order valence-electron chi connectivity index (χ2n) is 7.36. The minimum absolute atomic E-state index is 0.0758. The molecule has 1 aliphatic rings. The third-order valence-electron chi connectivity index (χ3n) is 5.19. The number of carbonyl (C=O) groups excluding carboxylic acids is 1.